The first-order chi connectivity index (χ1) is 11.6. The topological polar surface area (TPSA) is 69.6 Å². The second kappa shape index (κ2) is 7.27. The summed E-state index contributed by atoms with van der Waals surface area (Å²) in [4.78, 5) is 24.9. The number of anilines is 1. The maximum atomic E-state index is 12.1. The van der Waals surface area contributed by atoms with E-state index in [0.717, 1.165) is 16.8 Å². The average Bonchev–Trinajstić information content (AvgIpc) is 3.05. The molecule has 0 aliphatic carbocycles. The van der Waals surface area contributed by atoms with Crippen molar-refractivity contribution in [3.63, 3.8) is 0 Å². The Kier molecular flexibility index (Phi) is 4.91. The molecule has 5 nitrogen and oxygen atoms in total. The standard InChI is InChI=1S/C19H20N2O3/c22-18(13-21-11-10-16(12-21)19(23)24)20-17-8-6-15(7-9-17)14-4-2-1-3-5-14/h1-9,16H,10-13H2,(H,20,22)(H,23,24). The molecule has 1 aliphatic heterocycles. The lowest BCUT2D eigenvalue weighted by atomic mass is 10.1. The number of carboxylic acids is 1. The zero-order valence-corrected chi connectivity index (χ0v) is 13.3. The molecule has 0 spiro atoms. The number of carboxylic acid groups (broad SMARTS) is 1. The van der Waals surface area contributed by atoms with Crippen molar-refractivity contribution in [2.24, 2.45) is 5.92 Å². The number of likely N-dealkylation sites (tertiary alicyclic amines) is 1. The molecular formula is C19H20N2O3. The first-order valence-electron chi connectivity index (χ1n) is 8.02. The molecule has 1 unspecified atom stereocenters. The molecular weight excluding hydrogens is 304 g/mol. The average molecular weight is 324 g/mol. The van der Waals surface area contributed by atoms with Crippen LogP contribution in [0.2, 0.25) is 0 Å². The Bertz CT molecular complexity index is 713. The molecule has 0 radical (unpaired) electrons. The molecule has 1 saturated heterocycles. The molecule has 2 aromatic carbocycles. The van der Waals surface area contributed by atoms with Gasteiger partial charge in [0, 0.05) is 12.2 Å². The molecule has 1 amide bonds. The van der Waals surface area contributed by atoms with Crippen LogP contribution < -0.4 is 5.32 Å². The van der Waals surface area contributed by atoms with Gasteiger partial charge in [-0.25, -0.2) is 0 Å². The summed E-state index contributed by atoms with van der Waals surface area (Å²) in [5, 5.41) is 11.9. The highest BCUT2D eigenvalue weighted by Crippen LogP contribution is 2.21. The van der Waals surface area contributed by atoms with Crippen molar-refractivity contribution < 1.29 is 14.7 Å². The van der Waals surface area contributed by atoms with Crippen LogP contribution in [0.15, 0.2) is 54.6 Å². The van der Waals surface area contributed by atoms with Gasteiger partial charge in [0.25, 0.3) is 0 Å². The van der Waals surface area contributed by atoms with Gasteiger partial charge in [0.1, 0.15) is 0 Å². The van der Waals surface area contributed by atoms with Gasteiger partial charge in [-0.05, 0) is 36.2 Å². The third-order valence-corrected chi connectivity index (χ3v) is 4.26. The maximum absolute atomic E-state index is 12.1. The Hall–Kier alpha value is -2.66. The second-order valence-corrected chi connectivity index (χ2v) is 6.05. The lowest BCUT2D eigenvalue weighted by Crippen LogP contribution is -2.32. The molecule has 1 aliphatic rings. The highest BCUT2D eigenvalue weighted by molar-refractivity contribution is 5.92. The van der Waals surface area contributed by atoms with Crippen LogP contribution in [-0.2, 0) is 9.59 Å². The van der Waals surface area contributed by atoms with Crippen molar-refractivity contribution in [3.05, 3.63) is 54.6 Å². The summed E-state index contributed by atoms with van der Waals surface area (Å²) in [5.74, 6) is -1.26. The Balaban J connectivity index is 1.54. The summed E-state index contributed by atoms with van der Waals surface area (Å²) >= 11 is 0. The molecule has 0 aromatic heterocycles. The van der Waals surface area contributed by atoms with Gasteiger partial charge in [-0.1, -0.05) is 42.5 Å². The van der Waals surface area contributed by atoms with Crippen molar-refractivity contribution in [1.29, 1.82) is 0 Å². The number of carbonyl (C=O) groups is 2. The van der Waals surface area contributed by atoms with Crippen LogP contribution in [0, 0.1) is 5.92 Å². The fourth-order valence-electron chi connectivity index (χ4n) is 2.96. The fraction of sp³-hybridized carbons (Fsp3) is 0.263. The molecule has 0 bridgehead atoms. The number of carbonyl (C=O) groups excluding carboxylic acids is 1. The predicted molar refractivity (Wildman–Crippen MR) is 92.7 cm³/mol. The van der Waals surface area contributed by atoms with E-state index in [1.807, 2.05) is 59.5 Å². The smallest absolute Gasteiger partial charge is 0.307 e. The van der Waals surface area contributed by atoms with Crippen LogP contribution in [0.25, 0.3) is 11.1 Å². The molecule has 2 N–H and O–H groups in total. The lowest BCUT2D eigenvalue weighted by molar-refractivity contribution is -0.141. The van der Waals surface area contributed by atoms with E-state index in [9.17, 15) is 9.59 Å². The van der Waals surface area contributed by atoms with Gasteiger partial charge in [-0.2, -0.15) is 0 Å². The van der Waals surface area contributed by atoms with Crippen LogP contribution in [0.5, 0.6) is 0 Å². The monoisotopic (exact) mass is 324 g/mol. The highest BCUT2D eigenvalue weighted by atomic mass is 16.4. The molecule has 0 saturated carbocycles. The van der Waals surface area contributed by atoms with Gasteiger partial charge in [0.2, 0.25) is 5.91 Å². The number of hydrogen-bond acceptors (Lipinski definition) is 3. The van der Waals surface area contributed by atoms with Gasteiger partial charge in [-0.3, -0.25) is 14.5 Å². The number of nitrogens with zero attached hydrogens (tertiary/aromatic N) is 1. The maximum Gasteiger partial charge on any atom is 0.307 e. The highest BCUT2D eigenvalue weighted by Gasteiger charge is 2.28. The number of benzene rings is 2. The summed E-state index contributed by atoms with van der Waals surface area (Å²) in [6, 6.07) is 17.7. The summed E-state index contributed by atoms with van der Waals surface area (Å²) in [6.07, 6.45) is 0.606. The molecule has 1 fully saturated rings. The molecule has 2 aromatic rings. The molecule has 24 heavy (non-hydrogen) atoms. The van der Waals surface area contributed by atoms with Crippen LogP contribution in [0.1, 0.15) is 6.42 Å². The zero-order chi connectivity index (χ0) is 16.9. The van der Waals surface area contributed by atoms with Crippen molar-refractivity contribution in [2.75, 3.05) is 25.0 Å². The number of hydrogen-bond donors (Lipinski definition) is 2. The predicted octanol–water partition coefficient (Wildman–Crippen LogP) is 2.70. The summed E-state index contributed by atoms with van der Waals surface area (Å²) < 4.78 is 0. The van der Waals surface area contributed by atoms with E-state index in [0.29, 0.717) is 19.5 Å². The van der Waals surface area contributed by atoms with Gasteiger partial charge in [0.15, 0.2) is 0 Å². The van der Waals surface area contributed by atoms with E-state index in [2.05, 4.69) is 5.32 Å². The largest absolute Gasteiger partial charge is 0.481 e. The molecule has 1 atom stereocenters. The van der Waals surface area contributed by atoms with Crippen LogP contribution in [0.3, 0.4) is 0 Å². The van der Waals surface area contributed by atoms with Crippen LogP contribution in [-0.4, -0.2) is 41.5 Å². The quantitative estimate of drug-likeness (QED) is 0.887. The minimum Gasteiger partial charge on any atom is -0.481 e. The van der Waals surface area contributed by atoms with Crippen molar-refractivity contribution >= 4 is 17.6 Å². The Labute approximate surface area is 140 Å². The lowest BCUT2D eigenvalue weighted by Gasteiger charge is -2.15. The zero-order valence-electron chi connectivity index (χ0n) is 13.3. The van der Waals surface area contributed by atoms with E-state index >= 15 is 0 Å². The minimum absolute atomic E-state index is 0.117. The van der Waals surface area contributed by atoms with E-state index < -0.39 is 5.97 Å². The van der Waals surface area contributed by atoms with Gasteiger partial charge < -0.3 is 10.4 Å². The molecule has 1 heterocycles. The first-order valence-corrected chi connectivity index (χ1v) is 8.02. The Morgan fingerprint density at radius 2 is 1.71 bits per heavy atom. The van der Waals surface area contributed by atoms with E-state index in [4.69, 9.17) is 5.11 Å². The number of nitrogens with one attached hydrogen (secondary N) is 1. The first kappa shape index (κ1) is 16.2. The second-order valence-electron chi connectivity index (χ2n) is 6.05. The van der Waals surface area contributed by atoms with Gasteiger partial charge in [-0.15, -0.1) is 0 Å². The number of amides is 1. The normalized spacial score (nSPS) is 17.6. The van der Waals surface area contributed by atoms with E-state index in [1.54, 1.807) is 0 Å². The molecule has 124 valence electrons. The van der Waals surface area contributed by atoms with Gasteiger partial charge in [0.05, 0.1) is 12.5 Å². The molecule has 3 rings (SSSR count). The SMILES string of the molecule is O=C(CN1CCC(C(=O)O)C1)Nc1ccc(-c2ccccc2)cc1. The van der Waals surface area contributed by atoms with E-state index in [-0.39, 0.29) is 18.4 Å². The van der Waals surface area contributed by atoms with Crippen molar-refractivity contribution in [1.82, 2.24) is 4.90 Å². The molecule has 5 heteroatoms. The van der Waals surface area contributed by atoms with Crippen molar-refractivity contribution in [3.8, 4) is 11.1 Å². The van der Waals surface area contributed by atoms with Crippen molar-refractivity contribution in [2.45, 2.75) is 6.42 Å². The third kappa shape index (κ3) is 4.00. The Morgan fingerprint density at radius 1 is 1.04 bits per heavy atom. The minimum atomic E-state index is -0.783. The van der Waals surface area contributed by atoms with Gasteiger partial charge >= 0.3 is 5.97 Å². The summed E-state index contributed by atoms with van der Waals surface area (Å²) in [6.45, 7) is 1.32. The third-order valence-electron chi connectivity index (χ3n) is 4.26. The summed E-state index contributed by atoms with van der Waals surface area (Å²) in [7, 11) is 0. The Morgan fingerprint density at radius 3 is 2.33 bits per heavy atom. The fourth-order valence-corrected chi connectivity index (χ4v) is 2.96. The number of aliphatic carboxylic acids is 1. The van der Waals surface area contributed by atoms with Crippen LogP contribution >= 0.6 is 0 Å². The van der Waals surface area contributed by atoms with Crippen LogP contribution in [0.4, 0.5) is 5.69 Å². The van der Waals surface area contributed by atoms with E-state index in [1.165, 1.54) is 0 Å². The number of rotatable bonds is 5. The summed E-state index contributed by atoms with van der Waals surface area (Å²) in [5.41, 5.74) is 2.97.